The molecule has 25 heavy (non-hydrogen) atoms. The summed E-state index contributed by atoms with van der Waals surface area (Å²) in [6.45, 7) is 3.22. The van der Waals surface area contributed by atoms with Crippen molar-refractivity contribution in [3.8, 4) is 5.75 Å². The van der Waals surface area contributed by atoms with Crippen LogP contribution in [-0.2, 0) is 6.42 Å². The van der Waals surface area contributed by atoms with E-state index in [0.29, 0.717) is 5.92 Å². The second-order valence-electron chi connectivity index (χ2n) is 7.27. The number of halogens is 1. The molecule has 0 radical (unpaired) electrons. The third-order valence-electron chi connectivity index (χ3n) is 5.50. The van der Waals surface area contributed by atoms with Crippen LogP contribution in [0.1, 0.15) is 36.3 Å². The molecule has 2 aromatic rings. The van der Waals surface area contributed by atoms with Gasteiger partial charge in [-0.25, -0.2) is 4.39 Å². The first kappa shape index (κ1) is 16.4. The second kappa shape index (κ2) is 7.04. The Labute approximate surface area is 148 Å². The molecule has 1 saturated heterocycles. The molecule has 1 atom stereocenters. The van der Waals surface area contributed by atoms with E-state index in [2.05, 4.69) is 17.0 Å². The minimum Gasteiger partial charge on any atom is -0.490 e. The summed E-state index contributed by atoms with van der Waals surface area (Å²) in [5.41, 5.74) is 9.76. The van der Waals surface area contributed by atoms with Crippen LogP contribution in [0.15, 0.2) is 42.5 Å². The minimum atomic E-state index is -0.223. The number of likely N-dealkylation sites (tertiary alicyclic amines) is 1. The zero-order valence-corrected chi connectivity index (χ0v) is 14.5. The van der Waals surface area contributed by atoms with E-state index >= 15 is 0 Å². The quantitative estimate of drug-likeness (QED) is 0.856. The fraction of sp³-hybridized carbons (Fsp3) is 0.429. The number of ether oxygens (including phenoxy) is 1. The Bertz CT molecular complexity index is 723. The Balaban J connectivity index is 1.30. The summed E-state index contributed by atoms with van der Waals surface area (Å²) < 4.78 is 19.0. The van der Waals surface area contributed by atoms with Gasteiger partial charge in [0.15, 0.2) is 0 Å². The van der Waals surface area contributed by atoms with Gasteiger partial charge in [-0.05, 0) is 79.1 Å². The third-order valence-corrected chi connectivity index (χ3v) is 5.50. The van der Waals surface area contributed by atoms with Crippen molar-refractivity contribution in [2.75, 3.05) is 25.4 Å². The van der Waals surface area contributed by atoms with E-state index in [1.165, 1.54) is 36.1 Å². The first-order valence-electron chi connectivity index (χ1n) is 9.20. The van der Waals surface area contributed by atoms with E-state index in [0.717, 1.165) is 43.9 Å². The molecule has 1 fully saturated rings. The molecule has 1 heterocycles. The predicted octanol–water partition coefficient (Wildman–Crippen LogP) is 3.98. The van der Waals surface area contributed by atoms with Crippen LogP contribution in [-0.4, -0.2) is 30.6 Å². The van der Waals surface area contributed by atoms with Crippen LogP contribution in [0.25, 0.3) is 0 Å². The topological polar surface area (TPSA) is 38.5 Å². The number of fused-ring (bicyclic) bond motifs is 1. The molecule has 0 amide bonds. The van der Waals surface area contributed by atoms with Gasteiger partial charge in [-0.1, -0.05) is 6.07 Å². The van der Waals surface area contributed by atoms with Gasteiger partial charge in [0.2, 0.25) is 0 Å². The van der Waals surface area contributed by atoms with E-state index in [1.807, 2.05) is 6.07 Å². The maximum absolute atomic E-state index is 13.0. The molecule has 0 saturated carbocycles. The number of hydrogen-bond donors (Lipinski definition) is 1. The SMILES string of the molecule is Nc1ccc2c(c1)C(CN1CCC(Oc3ccc(F)cc3)CC1)CC2. The smallest absolute Gasteiger partial charge is 0.123 e. The average Bonchev–Trinajstić information content (AvgIpc) is 3.01. The molecule has 4 heteroatoms. The molecule has 132 valence electrons. The van der Waals surface area contributed by atoms with Crippen LogP contribution < -0.4 is 10.5 Å². The van der Waals surface area contributed by atoms with Gasteiger partial charge >= 0.3 is 0 Å². The van der Waals surface area contributed by atoms with Crippen LogP contribution in [0, 0.1) is 5.82 Å². The van der Waals surface area contributed by atoms with Gasteiger partial charge in [-0.15, -0.1) is 0 Å². The van der Waals surface area contributed by atoms with Crippen LogP contribution in [0.5, 0.6) is 5.75 Å². The maximum Gasteiger partial charge on any atom is 0.123 e. The van der Waals surface area contributed by atoms with Crippen molar-refractivity contribution in [2.45, 2.75) is 37.7 Å². The number of benzene rings is 2. The van der Waals surface area contributed by atoms with Gasteiger partial charge in [0.1, 0.15) is 17.7 Å². The molecule has 2 N–H and O–H groups in total. The number of piperidine rings is 1. The highest BCUT2D eigenvalue weighted by Crippen LogP contribution is 2.35. The van der Waals surface area contributed by atoms with Crippen LogP contribution in [0.2, 0.25) is 0 Å². The summed E-state index contributed by atoms with van der Waals surface area (Å²) in [6, 6.07) is 12.7. The Kier molecular flexibility index (Phi) is 4.62. The average molecular weight is 340 g/mol. The van der Waals surface area contributed by atoms with Crippen molar-refractivity contribution in [3.05, 3.63) is 59.4 Å². The maximum atomic E-state index is 13.0. The lowest BCUT2D eigenvalue weighted by Gasteiger charge is -2.33. The molecular formula is C21H25FN2O. The van der Waals surface area contributed by atoms with Crippen molar-refractivity contribution in [3.63, 3.8) is 0 Å². The predicted molar refractivity (Wildman–Crippen MR) is 98.4 cm³/mol. The van der Waals surface area contributed by atoms with Gasteiger partial charge in [-0.2, -0.15) is 0 Å². The molecule has 2 aromatic carbocycles. The van der Waals surface area contributed by atoms with Gasteiger partial charge in [0.25, 0.3) is 0 Å². The van der Waals surface area contributed by atoms with Gasteiger partial charge in [0, 0.05) is 25.3 Å². The van der Waals surface area contributed by atoms with Crippen molar-refractivity contribution < 1.29 is 9.13 Å². The first-order valence-corrected chi connectivity index (χ1v) is 9.20. The summed E-state index contributed by atoms with van der Waals surface area (Å²) in [4.78, 5) is 2.55. The molecule has 1 aliphatic heterocycles. The number of aryl methyl sites for hydroxylation is 1. The van der Waals surface area contributed by atoms with Crippen molar-refractivity contribution in [1.29, 1.82) is 0 Å². The van der Waals surface area contributed by atoms with E-state index in [1.54, 1.807) is 12.1 Å². The molecule has 2 aliphatic rings. The van der Waals surface area contributed by atoms with Crippen molar-refractivity contribution in [2.24, 2.45) is 0 Å². The number of nitrogens with zero attached hydrogens (tertiary/aromatic N) is 1. The van der Waals surface area contributed by atoms with E-state index in [-0.39, 0.29) is 11.9 Å². The molecule has 0 bridgehead atoms. The Hall–Kier alpha value is -2.07. The number of anilines is 1. The summed E-state index contributed by atoms with van der Waals surface area (Å²) >= 11 is 0. The fourth-order valence-corrected chi connectivity index (χ4v) is 4.12. The highest BCUT2D eigenvalue weighted by Gasteiger charge is 2.27. The zero-order valence-electron chi connectivity index (χ0n) is 14.5. The fourth-order valence-electron chi connectivity index (χ4n) is 4.12. The lowest BCUT2D eigenvalue weighted by atomic mass is 9.98. The molecule has 0 aromatic heterocycles. The summed E-state index contributed by atoms with van der Waals surface area (Å²) in [7, 11) is 0. The van der Waals surface area contributed by atoms with E-state index in [4.69, 9.17) is 10.5 Å². The third kappa shape index (κ3) is 3.79. The summed E-state index contributed by atoms with van der Waals surface area (Å²) in [5.74, 6) is 1.15. The Morgan fingerprint density at radius 3 is 2.56 bits per heavy atom. The van der Waals surface area contributed by atoms with Gasteiger partial charge < -0.3 is 15.4 Å². The zero-order chi connectivity index (χ0) is 17.2. The first-order chi connectivity index (χ1) is 12.2. The van der Waals surface area contributed by atoms with Crippen molar-refractivity contribution in [1.82, 2.24) is 4.90 Å². The van der Waals surface area contributed by atoms with Gasteiger partial charge in [0.05, 0.1) is 0 Å². The second-order valence-corrected chi connectivity index (χ2v) is 7.27. The number of hydrogen-bond acceptors (Lipinski definition) is 3. The molecule has 4 rings (SSSR count). The standard InChI is InChI=1S/C21H25FN2O/c22-17-4-7-19(8-5-17)25-20-9-11-24(12-10-20)14-16-2-1-15-3-6-18(23)13-21(15)16/h3-8,13,16,20H,1-2,9-12,14,23H2. The minimum absolute atomic E-state index is 0.223. The highest BCUT2D eigenvalue weighted by atomic mass is 19.1. The number of nitrogen functional groups attached to an aromatic ring is 1. The van der Waals surface area contributed by atoms with Crippen molar-refractivity contribution >= 4 is 5.69 Å². The number of nitrogens with two attached hydrogens (primary N) is 1. The Morgan fingerprint density at radius 1 is 1.04 bits per heavy atom. The molecule has 3 nitrogen and oxygen atoms in total. The summed E-state index contributed by atoms with van der Waals surface area (Å²) in [5, 5.41) is 0. The van der Waals surface area contributed by atoms with E-state index in [9.17, 15) is 4.39 Å². The monoisotopic (exact) mass is 340 g/mol. The van der Waals surface area contributed by atoms with Crippen LogP contribution >= 0.6 is 0 Å². The molecular weight excluding hydrogens is 315 g/mol. The van der Waals surface area contributed by atoms with Crippen LogP contribution in [0.4, 0.5) is 10.1 Å². The summed E-state index contributed by atoms with van der Waals surface area (Å²) in [6.07, 6.45) is 4.67. The number of rotatable bonds is 4. The largest absolute Gasteiger partial charge is 0.490 e. The molecule has 0 spiro atoms. The van der Waals surface area contributed by atoms with E-state index < -0.39 is 0 Å². The molecule has 1 aliphatic carbocycles. The highest BCUT2D eigenvalue weighted by molar-refractivity contribution is 5.48. The van der Waals surface area contributed by atoms with Crippen LogP contribution in [0.3, 0.4) is 0 Å². The van der Waals surface area contributed by atoms with Gasteiger partial charge in [-0.3, -0.25) is 0 Å². The Morgan fingerprint density at radius 2 is 1.80 bits per heavy atom. The normalized spacial score (nSPS) is 21.2. The molecule has 1 unspecified atom stereocenters. The lowest BCUT2D eigenvalue weighted by molar-refractivity contribution is 0.0969. The lowest BCUT2D eigenvalue weighted by Crippen LogP contribution is -2.40.